The fourth-order valence-electron chi connectivity index (χ4n) is 1.90. The summed E-state index contributed by atoms with van der Waals surface area (Å²) in [6, 6.07) is 0. The summed E-state index contributed by atoms with van der Waals surface area (Å²) in [7, 11) is 0. The van der Waals surface area contributed by atoms with E-state index in [4.69, 9.17) is 9.47 Å². The average molecular weight is 284 g/mol. The van der Waals surface area contributed by atoms with Crippen LogP contribution in [0.25, 0.3) is 0 Å². The number of allylic oxidation sites excluding steroid dienone is 1. The maximum Gasteiger partial charge on any atom is 0.335 e. The predicted molar refractivity (Wildman–Crippen MR) is 69.7 cm³/mol. The number of rotatable bonds is 2. The molecule has 1 aliphatic heterocycles. The van der Waals surface area contributed by atoms with Gasteiger partial charge < -0.3 is 14.6 Å². The van der Waals surface area contributed by atoms with Gasteiger partial charge in [-0.05, 0) is 26.7 Å². The van der Waals surface area contributed by atoms with E-state index in [2.05, 4.69) is 0 Å². The van der Waals surface area contributed by atoms with Crippen LogP contribution in [0, 0.1) is 0 Å². The Hall–Kier alpha value is -1.69. The van der Waals surface area contributed by atoms with Crippen molar-refractivity contribution in [1.29, 1.82) is 0 Å². The number of aliphatic hydroxyl groups excluding tert-OH is 1. The number of cyclic esters (lactones) is 1. The van der Waals surface area contributed by atoms with Crippen LogP contribution in [0.3, 0.4) is 0 Å². The van der Waals surface area contributed by atoms with Gasteiger partial charge in [-0.25, -0.2) is 9.59 Å². The van der Waals surface area contributed by atoms with Gasteiger partial charge in [0.05, 0.1) is 0 Å². The van der Waals surface area contributed by atoms with Gasteiger partial charge in [0.1, 0.15) is 18.0 Å². The molecule has 20 heavy (non-hydrogen) atoms. The van der Waals surface area contributed by atoms with E-state index in [-0.39, 0.29) is 25.0 Å². The van der Waals surface area contributed by atoms with Crippen molar-refractivity contribution in [2.75, 3.05) is 0 Å². The van der Waals surface area contributed by atoms with E-state index in [0.717, 1.165) is 0 Å². The van der Waals surface area contributed by atoms with Crippen molar-refractivity contribution in [3.63, 3.8) is 0 Å². The Morgan fingerprint density at radius 2 is 2.15 bits per heavy atom. The van der Waals surface area contributed by atoms with Gasteiger partial charge in [0.2, 0.25) is 0 Å². The monoisotopic (exact) mass is 284 g/mol. The molecular formula is C14H20O6. The normalized spacial score (nSPS) is 29.1. The number of hydrogen-bond donors (Lipinski definition) is 1. The number of carbonyl (C=O) groups is 3. The van der Waals surface area contributed by atoms with Gasteiger partial charge in [-0.1, -0.05) is 6.08 Å². The molecule has 0 aromatic heterocycles. The largest absolute Gasteiger partial charge is 0.457 e. The lowest BCUT2D eigenvalue weighted by atomic mass is 10.0. The minimum absolute atomic E-state index is 0.00777. The fourth-order valence-corrected chi connectivity index (χ4v) is 1.90. The zero-order valence-electron chi connectivity index (χ0n) is 11.7. The number of aliphatic hydroxyl groups is 1. The fraction of sp³-hybridized carbons (Fsp3) is 0.643. The molecular weight excluding hydrogens is 264 g/mol. The molecule has 112 valence electrons. The summed E-state index contributed by atoms with van der Waals surface area (Å²) in [4.78, 5) is 34.8. The standard InChI is InChI=1S/C14H20O6/c1-3-5-13(17)20-12-8-10(15)6-4-7-11(16)14(18)19-9(12)2/h3,5,9,11-12,16H,4,6-8H2,1-2H3/b5-3+/t9-,11-,12+/m1/s1. The molecule has 0 amide bonds. The number of ketones is 1. The average Bonchev–Trinajstić information content (AvgIpc) is 2.36. The van der Waals surface area contributed by atoms with Crippen LogP contribution in [-0.4, -0.2) is 41.1 Å². The molecule has 6 heteroatoms. The van der Waals surface area contributed by atoms with Crippen LogP contribution in [0.5, 0.6) is 0 Å². The Morgan fingerprint density at radius 1 is 1.45 bits per heavy atom. The maximum absolute atomic E-state index is 11.8. The van der Waals surface area contributed by atoms with E-state index in [9.17, 15) is 19.5 Å². The van der Waals surface area contributed by atoms with Crippen molar-refractivity contribution in [1.82, 2.24) is 0 Å². The van der Waals surface area contributed by atoms with E-state index in [1.807, 2.05) is 0 Å². The van der Waals surface area contributed by atoms with Crippen molar-refractivity contribution in [3.8, 4) is 0 Å². The molecule has 0 aromatic carbocycles. The highest BCUT2D eigenvalue weighted by Crippen LogP contribution is 2.16. The van der Waals surface area contributed by atoms with Crippen molar-refractivity contribution in [2.45, 2.75) is 57.8 Å². The molecule has 0 bridgehead atoms. The molecule has 0 saturated carbocycles. The summed E-state index contributed by atoms with van der Waals surface area (Å²) in [5, 5.41) is 9.55. The number of carbonyl (C=O) groups excluding carboxylic acids is 3. The van der Waals surface area contributed by atoms with Crippen LogP contribution >= 0.6 is 0 Å². The van der Waals surface area contributed by atoms with Crippen molar-refractivity contribution >= 4 is 17.7 Å². The SMILES string of the molecule is C/C=C/C(=O)O[C@H]1CC(=O)CCC[C@@H](O)C(=O)O[C@@H]1C. The van der Waals surface area contributed by atoms with Crippen LogP contribution in [0.1, 0.15) is 39.5 Å². The zero-order valence-corrected chi connectivity index (χ0v) is 11.7. The van der Waals surface area contributed by atoms with Crippen LogP contribution in [0.4, 0.5) is 0 Å². The second kappa shape index (κ2) is 7.79. The molecule has 1 aliphatic rings. The number of ether oxygens (including phenoxy) is 2. The maximum atomic E-state index is 11.8. The van der Waals surface area contributed by atoms with E-state index < -0.39 is 30.3 Å². The molecule has 1 fully saturated rings. The minimum Gasteiger partial charge on any atom is -0.457 e. The first-order valence-corrected chi connectivity index (χ1v) is 6.67. The lowest BCUT2D eigenvalue weighted by molar-refractivity contribution is -0.172. The van der Waals surface area contributed by atoms with Crippen molar-refractivity contribution in [3.05, 3.63) is 12.2 Å². The summed E-state index contributed by atoms with van der Waals surface area (Å²) in [5.41, 5.74) is 0. The van der Waals surface area contributed by atoms with Crippen molar-refractivity contribution in [2.24, 2.45) is 0 Å². The number of esters is 2. The lowest BCUT2D eigenvalue weighted by Crippen LogP contribution is -2.38. The zero-order chi connectivity index (χ0) is 15.1. The molecule has 0 aromatic rings. The van der Waals surface area contributed by atoms with E-state index in [0.29, 0.717) is 6.42 Å². The van der Waals surface area contributed by atoms with E-state index >= 15 is 0 Å². The molecule has 1 N–H and O–H groups in total. The highest BCUT2D eigenvalue weighted by molar-refractivity contribution is 5.83. The van der Waals surface area contributed by atoms with Crippen LogP contribution < -0.4 is 0 Å². The van der Waals surface area contributed by atoms with Crippen LogP contribution in [0.2, 0.25) is 0 Å². The molecule has 0 unspecified atom stereocenters. The third kappa shape index (κ3) is 5.13. The number of Topliss-reactive ketones (excluding diaryl/α,β-unsaturated/α-hetero) is 1. The summed E-state index contributed by atoms with van der Waals surface area (Å²) in [5.74, 6) is -1.43. The first-order chi connectivity index (χ1) is 9.43. The molecule has 1 rings (SSSR count). The summed E-state index contributed by atoms with van der Waals surface area (Å²) >= 11 is 0. The van der Waals surface area contributed by atoms with Crippen molar-refractivity contribution < 1.29 is 29.0 Å². The van der Waals surface area contributed by atoms with Gasteiger partial charge in [-0.3, -0.25) is 4.79 Å². The molecule has 3 atom stereocenters. The van der Waals surface area contributed by atoms with Gasteiger partial charge in [-0.15, -0.1) is 0 Å². The van der Waals surface area contributed by atoms with Gasteiger partial charge in [-0.2, -0.15) is 0 Å². The molecule has 0 radical (unpaired) electrons. The quantitative estimate of drug-likeness (QED) is 0.599. The number of hydrogen-bond acceptors (Lipinski definition) is 6. The van der Waals surface area contributed by atoms with Crippen LogP contribution in [-0.2, 0) is 23.9 Å². The Morgan fingerprint density at radius 3 is 2.80 bits per heavy atom. The first-order valence-electron chi connectivity index (χ1n) is 6.67. The Balaban J connectivity index is 2.79. The van der Waals surface area contributed by atoms with Gasteiger partial charge in [0.15, 0.2) is 6.10 Å². The topological polar surface area (TPSA) is 89.9 Å². The van der Waals surface area contributed by atoms with E-state index in [1.54, 1.807) is 6.92 Å². The van der Waals surface area contributed by atoms with Gasteiger partial charge >= 0.3 is 11.9 Å². The molecule has 1 heterocycles. The van der Waals surface area contributed by atoms with E-state index in [1.165, 1.54) is 19.1 Å². The Kier molecular flexibility index (Phi) is 6.38. The summed E-state index contributed by atoms with van der Waals surface area (Å²) < 4.78 is 10.2. The first kappa shape index (κ1) is 16.4. The van der Waals surface area contributed by atoms with Gasteiger partial charge in [0, 0.05) is 18.9 Å². The minimum atomic E-state index is -1.24. The lowest BCUT2D eigenvalue weighted by Gasteiger charge is -2.25. The third-order valence-electron chi connectivity index (χ3n) is 3.03. The smallest absolute Gasteiger partial charge is 0.335 e. The van der Waals surface area contributed by atoms with Gasteiger partial charge in [0.25, 0.3) is 0 Å². The predicted octanol–water partition coefficient (Wildman–Crippen LogP) is 0.910. The second-order valence-electron chi connectivity index (χ2n) is 4.77. The summed E-state index contributed by atoms with van der Waals surface area (Å²) in [6.45, 7) is 3.20. The highest BCUT2D eigenvalue weighted by atomic mass is 16.6. The summed E-state index contributed by atoms with van der Waals surface area (Å²) in [6.07, 6.45) is 0.739. The Labute approximate surface area is 117 Å². The molecule has 0 aliphatic carbocycles. The molecule has 0 spiro atoms. The van der Waals surface area contributed by atoms with Crippen LogP contribution in [0.15, 0.2) is 12.2 Å². The highest BCUT2D eigenvalue weighted by Gasteiger charge is 2.30. The molecule has 1 saturated heterocycles. The molecule has 6 nitrogen and oxygen atoms in total. The third-order valence-corrected chi connectivity index (χ3v) is 3.03. The second-order valence-corrected chi connectivity index (χ2v) is 4.77. The Bertz CT molecular complexity index is 400.